The Hall–Kier alpha value is 4.04. The summed E-state index contributed by atoms with van der Waals surface area (Å²) in [5, 5.41) is 0. The maximum atomic E-state index is 9.90. The molecule has 0 saturated heterocycles. The third-order valence-electron chi connectivity index (χ3n) is 0. The quantitative estimate of drug-likeness (QED) is 0.280. The molecule has 0 heterocycles. The van der Waals surface area contributed by atoms with Gasteiger partial charge in [0.2, 0.25) is 0 Å². The Morgan fingerprint density at radius 1 is 1.00 bits per heavy atom. The summed E-state index contributed by atoms with van der Waals surface area (Å²) < 4.78 is 39.6. The molecule has 0 aliphatic heterocycles. The average molecular weight is 509 g/mol. The van der Waals surface area contributed by atoms with Gasteiger partial charge in [0, 0.05) is 25.8 Å². The first-order valence-electron chi connectivity index (χ1n) is 0.756. The molecule has 0 amide bonds. The van der Waals surface area contributed by atoms with E-state index in [1.807, 2.05) is 0 Å². The van der Waals surface area contributed by atoms with Crippen molar-refractivity contribution in [3.63, 3.8) is 0 Å². The molecule has 42 valence electrons. The third kappa shape index (κ3) is 50.2. The van der Waals surface area contributed by atoms with Gasteiger partial charge in [-0.1, -0.05) is 0 Å². The maximum absolute atomic E-state index is 9.90. The minimum absolute atomic E-state index is 0. The number of hydrogen-bond donors (Lipinski definition) is 0. The summed E-state index contributed by atoms with van der Waals surface area (Å²) in [4.78, 5) is 0. The van der Waals surface area contributed by atoms with Gasteiger partial charge in [0.15, 0.2) is 0 Å². The molecule has 8 heavy (non-hydrogen) atoms. The van der Waals surface area contributed by atoms with Crippen LogP contribution in [0.3, 0.4) is 0 Å². The van der Waals surface area contributed by atoms with Crippen LogP contribution in [0.25, 0.3) is 0 Å². The summed E-state index contributed by atoms with van der Waals surface area (Å²) in [7, 11) is 0. The van der Waals surface area contributed by atoms with E-state index >= 15 is 0 Å². The van der Waals surface area contributed by atoms with Gasteiger partial charge in [-0.15, -0.1) is 0 Å². The second-order valence-corrected chi connectivity index (χ2v) is 2.54. The van der Waals surface area contributed by atoms with E-state index in [9.17, 15) is 10.5 Å². The zero-order valence-electron chi connectivity index (χ0n) is 7.22. The predicted molar refractivity (Wildman–Crippen MR) is 13.5 cm³/mol. The molecule has 0 saturated carbocycles. The molecule has 0 rings (SSSR count). The molecule has 0 fully saturated rings. The van der Waals surface area contributed by atoms with E-state index in [0.29, 0.717) is 0 Å². The Bertz CT molecular complexity index is 40.8. The van der Waals surface area contributed by atoms with E-state index < -0.39 is 22.7 Å². The zero-order chi connectivity index (χ0) is 4.50. The van der Waals surface area contributed by atoms with Gasteiger partial charge < -0.3 is 4.28 Å². The molecule has 0 aliphatic rings. The van der Waals surface area contributed by atoms with E-state index in [4.69, 9.17) is 0 Å². The first-order chi connectivity index (χ1) is 2.00. The molecule has 0 N–H and O–H groups in total. The molecule has 0 aliphatic carbocycles. The van der Waals surface area contributed by atoms with Crippen molar-refractivity contribution < 1.29 is 92.9 Å². The molecule has 0 aromatic rings. The van der Waals surface area contributed by atoms with Crippen LogP contribution in [0.2, 0.25) is 0 Å². The smallest absolute Gasteiger partial charge is 1.00 e. The van der Waals surface area contributed by atoms with Gasteiger partial charge in [-0.3, -0.25) is 0 Å². The Kier molecular flexibility index (Phi) is 31.3. The topological polar surface area (TPSA) is 0 Å². The van der Waals surface area contributed by atoms with Crippen LogP contribution in [0.5, 0.6) is 0 Å². The van der Waals surface area contributed by atoms with Gasteiger partial charge in [-0.2, -0.15) is 0 Å². The fourth-order valence-electron chi connectivity index (χ4n) is 0. The van der Waals surface area contributed by atoms with Crippen LogP contribution in [0.15, 0.2) is 0 Å². The van der Waals surface area contributed by atoms with Gasteiger partial charge >= 0.3 is 112 Å². The zero-order valence-corrected chi connectivity index (χ0v) is 16.7. The van der Waals surface area contributed by atoms with Gasteiger partial charge in [-0.05, 0) is 0 Å². The summed E-state index contributed by atoms with van der Waals surface area (Å²) in [5.74, 6) is 0. The van der Waals surface area contributed by atoms with E-state index in [-0.39, 0.29) is 109 Å². The van der Waals surface area contributed by atoms with Gasteiger partial charge in [0.05, 0.1) is 0 Å². The summed E-state index contributed by atoms with van der Waals surface area (Å²) >= 11 is -7.18. The van der Waals surface area contributed by atoms with Crippen molar-refractivity contribution in [2.45, 2.75) is 0 Å². The Morgan fingerprint density at radius 3 is 1.00 bits per heavy atom. The molecule has 0 aromatic carbocycles. The van der Waals surface area contributed by atoms with Gasteiger partial charge in [0.25, 0.3) is 0 Å². The number of rotatable bonds is 0. The van der Waals surface area contributed by atoms with Crippen LogP contribution in [-0.4, -0.2) is 48.9 Å². The summed E-state index contributed by atoms with van der Waals surface area (Å²) in [6.07, 6.45) is 0. The molecule has 8 heteroatoms. The summed E-state index contributed by atoms with van der Waals surface area (Å²) in [6.45, 7) is 0. The first-order valence-corrected chi connectivity index (χ1v) is 4.47. The second kappa shape index (κ2) is 11.0. The minimum atomic E-state index is -7.18. The van der Waals surface area contributed by atoms with Gasteiger partial charge in [-0.25, -0.2) is 0 Å². The Labute approximate surface area is 138 Å². The predicted octanol–water partition coefficient (Wildman–Crippen LogP) is -1.36. The molecular weight excluding hydrogens is 506 g/mol. The normalized spacial score (nSPS) is 7.50. The number of halogens is 4. The fourth-order valence-corrected chi connectivity index (χ4v) is 0. The van der Waals surface area contributed by atoms with Crippen molar-refractivity contribution in [2.75, 3.05) is 0 Å². The molecule has 0 nitrogen and oxygen atoms in total. The largest absolute Gasteiger partial charge is 1.00 e. The molecule has 0 aromatic heterocycles. The van der Waals surface area contributed by atoms with Crippen molar-refractivity contribution in [1.29, 1.82) is 0 Å². The summed E-state index contributed by atoms with van der Waals surface area (Å²) in [5.41, 5.74) is 0. The average Bonchev–Trinajstić information content (AvgIpc) is 0.722. The maximum Gasteiger partial charge on any atom is 1.00 e. The van der Waals surface area contributed by atoms with Crippen LogP contribution in [0.4, 0.5) is 10.5 Å². The Balaban J connectivity index is -0.00000000533. The van der Waals surface area contributed by atoms with Crippen molar-refractivity contribution >= 4 is 48.9 Å². The van der Waals surface area contributed by atoms with E-state index in [0.717, 1.165) is 0 Å². The molecule has 0 bridgehead atoms. The van der Waals surface area contributed by atoms with Crippen molar-refractivity contribution in [2.24, 2.45) is 0 Å². The standard InChI is InChI=1S/Ba.4FH.Hf.Na.Zr.3H/h;4*1H;;;;;;/q+2;;;;;;+1;+4;3*-1/p-4. The molecular formula is H3BaF4HfNaZr. The van der Waals surface area contributed by atoms with Crippen LogP contribution < -0.4 is 29.6 Å². The SMILES string of the molecule is [Ba+2].[F][Zr]([F])([F])[F].[H-].[H-].[H-].[Hf].[Na+]. The van der Waals surface area contributed by atoms with Crippen molar-refractivity contribution in [3.8, 4) is 0 Å². The monoisotopic (exact) mass is 510 g/mol. The van der Waals surface area contributed by atoms with Crippen molar-refractivity contribution in [1.82, 2.24) is 0 Å². The molecule has 0 atom stereocenters. The molecule has 0 spiro atoms. The van der Waals surface area contributed by atoms with Gasteiger partial charge in [0.1, 0.15) is 0 Å². The fraction of sp³-hybridized carbons (Fsp3) is 0. The van der Waals surface area contributed by atoms with Crippen LogP contribution in [0.1, 0.15) is 4.28 Å². The summed E-state index contributed by atoms with van der Waals surface area (Å²) in [6, 6.07) is 0. The number of hydrogen-bond acceptors (Lipinski definition) is 0. The minimum Gasteiger partial charge on any atom is -1.00 e. The van der Waals surface area contributed by atoms with E-state index in [2.05, 4.69) is 0 Å². The second-order valence-electron chi connectivity index (χ2n) is 0.429. The molecule has 0 unspecified atom stereocenters. The molecule has 0 radical (unpaired) electrons. The van der Waals surface area contributed by atoms with Crippen molar-refractivity contribution in [3.05, 3.63) is 0 Å². The van der Waals surface area contributed by atoms with Crippen LogP contribution >= 0.6 is 0 Å². The van der Waals surface area contributed by atoms with Crippen LogP contribution in [0, 0.1) is 0 Å². The Morgan fingerprint density at radius 2 is 1.00 bits per heavy atom. The third-order valence-corrected chi connectivity index (χ3v) is 0. The van der Waals surface area contributed by atoms with Crippen LogP contribution in [-0.2, 0) is 48.5 Å². The van der Waals surface area contributed by atoms with E-state index in [1.54, 1.807) is 0 Å². The van der Waals surface area contributed by atoms with E-state index in [1.165, 1.54) is 0 Å². The first kappa shape index (κ1) is 22.7.